The molecule has 0 amide bonds. The Bertz CT molecular complexity index is 593. The number of fused-ring (bicyclic) bond motifs is 1. The molecule has 2 aromatic rings. The van der Waals surface area contributed by atoms with Crippen LogP contribution >= 0.6 is 0 Å². The molecule has 0 saturated carbocycles. The first kappa shape index (κ1) is 14.1. The van der Waals surface area contributed by atoms with Crippen molar-refractivity contribution in [1.29, 1.82) is 0 Å². The van der Waals surface area contributed by atoms with Crippen LogP contribution in [-0.2, 0) is 13.1 Å². The molecule has 4 nitrogen and oxygen atoms in total. The maximum absolute atomic E-state index is 9.14. The third-order valence-electron chi connectivity index (χ3n) is 3.74. The standard InChI is InChI=1S/C16H18BNO3/c19-17(20)15-6-3-7-16(10-15)21-9-8-18-11-13-4-1-2-5-14(13)12-18/h1-7,10,19-20H,8-9,11-12H2. The van der Waals surface area contributed by atoms with E-state index < -0.39 is 7.12 Å². The zero-order valence-electron chi connectivity index (χ0n) is 11.8. The highest BCUT2D eigenvalue weighted by Crippen LogP contribution is 2.21. The van der Waals surface area contributed by atoms with Gasteiger partial charge in [-0.3, -0.25) is 4.90 Å². The van der Waals surface area contributed by atoms with E-state index >= 15 is 0 Å². The molecule has 1 aliphatic heterocycles. The summed E-state index contributed by atoms with van der Waals surface area (Å²) in [5, 5.41) is 18.3. The Morgan fingerprint density at radius 2 is 1.71 bits per heavy atom. The van der Waals surface area contributed by atoms with Crippen molar-refractivity contribution in [3.8, 4) is 5.75 Å². The molecule has 0 radical (unpaired) electrons. The van der Waals surface area contributed by atoms with Crippen LogP contribution in [0.2, 0.25) is 0 Å². The van der Waals surface area contributed by atoms with Gasteiger partial charge in [0.1, 0.15) is 12.4 Å². The van der Waals surface area contributed by atoms with Crippen LogP contribution in [0.3, 0.4) is 0 Å². The van der Waals surface area contributed by atoms with Crippen molar-refractivity contribution in [3.63, 3.8) is 0 Å². The van der Waals surface area contributed by atoms with E-state index in [2.05, 4.69) is 29.2 Å². The SMILES string of the molecule is OB(O)c1cccc(OCCN2Cc3ccccc3C2)c1. The van der Waals surface area contributed by atoms with E-state index in [-0.39, 0.29) is 0 Å². The van der Waals surface area contributed by atoms with Gasteiger partial charge in [-0.25, -0.2) is 0 Å². The zero-order chi connectivity index (χ0) is 14.7. The van der Waals surface area contributed by atoms with Crippen LogP contribution < -0.4 is 10.2 Å². The minimum atomic E-state index is -1.46. The number of benzene rings is 2. The van der Waals surface area contributed by atoms with Crippen LogP contribution in [0.25, 0.3) is 0 Å². The van der Waals surface area contributed by atoms with Gasteiger partial charge in [-0.2, -0.15) is 0 Å². The number of hydrogen-bond acceptors (Lipinski definition) is 4. The predicted octanol–water partition coefficient (Wildman–Crippen LogP) is 0.761. The molecule has 1 aliphatic rings. The lowest BCUT2D eigenvalue weighted by atomic mass is 9.80. The Morgan fingerprint density at radius 3 is 2.38 bits per heavy atom. The summed E-state index contributed by atoms with van der Waals surface area (Å²) in [6.07, 6.45) is 0. The fourth-order valence-electron chi connectivity index (χ4n) is 2.62. The highest BCUT2D eigenvalue weighted by Gasteiger charge is 2.17. The molecule has 0 unspecified atom stereocenters. The lowest BCUT2D eigenvalue weighted by Gasteiger charge is -2.15. The molecule has 0 saturated heterocycles. The quantitative estimate of drug-likeness (QED) is 0.796. The smallest absolute Gasteiger partial charge is 0.488 e. The predicted molar refractivity (Wildman–Crippen MR) is 82.3 cm³/mol. The summed E-state index contributed by atoms with van der Waals surface area (Å²) in [5.41, 5.74) is 3.23. The van der Waals surface area contributed by atoms with Crippen LogP contribution in [0.1, 0.15) is 11.1 Å². The van der Waals surface area contributed by atoms with Gasteiger partial charge < -0.3 is 14.8 Å². The van der Waals surface area contributed by atoms with Gasteiger partial charge >= 0.3 is 7.12 Å². The molecule has 3 rings (SSSR count). The van der Waals surface area contributed by atoms with E-state index in [0.717, 1.165) is 19.6 Å². The highest BCUT2D eigenvalue weighted by atomic mass is 16.5. The average molecular weight is 283 g/mol. The topological polar surface area (TPSA) is 52.9 Å². The highest BCUT2D eigenvalue weighted by molar-refractivity contribution is 6.58. The van der Waals surface area contributed by atoms with Crippen molar-refractivity contribution in [2.45, 2.75) is 13.1 Å². The third kappa shape index (κ3) is 3.45. The average Bonchev–Trinajstić information content (AvgIpc) is 2.90. The summed E-state index contributed by atoms with van der Waals surface area (Å²) < 4.78 is 5.69. The molecule has 0 spiro atoms. The Hall–Kier alpha value is -1.82. The Balaban J connectivity index is 1.50. The molecule has 0 aliphatic carbocycles. The summed E-state index contributed by atoms with van der Waals surface area (Å²) in [5.74, 6) is 0.664. The first-order valence-electron chi connectivity index (χ1n) is 7.10. The number of rotatable bonds is 5. The van der Waals surface area contributed by atoms with E-state index in [9.17, 15) is 0 Å². The third-order valence-corrected chi connectivity index (χ3v) is 3.74. The van der Waals surface area contributed by atoms with Gasteiger partial charge in [0.05, 0.1) is 0 Å². The molecule has 0 atom stereocenters. The molecular weight excluding hydrogens is 265 g/mol. The number of ether oxygens (including phenoxy) is 1. The first-order valence-corrected chi connectivity index (χ1v) is 7.10. The summed E-state index contributed by atoms with van der Waals surface area (Å²) in [4.78, 5) is 2.34. The summed E-state index contributed by atoms with van der Waals surface area (Å²) >= 11 is 0. The summed E-state index contributed by atoms with van der Waals surface area (Å²) in [6, 6.07) is 15.4. The molecular formula is C16H18BNO3. The van der Waals surface area contributed by atoms with Gasteiger partial charge in [0.25, 0.3) is 0 Å². The fourth-order valence-corrected chi connectivity index (χ4v) is 2.62. The molecule has 5 heteroatoms. The van der Waals surface area contributed by atoms with Crippen molar-refractivity contribution < 1.29 is 14.8 Å². The molecule has 21 heavy (non-hydrogen) atoms. The van der Waals surface area contributed by atoms with E-state index in [1.807, 2.05) is 6.07 Å². The fraction of sp³-hybridized carbons (Fsp3) is 0.250. The van der Waals surface area contributed by atoms with Crippen molar-refractivity contribution in [1.82, 2.24) is 4.90 Å². The van der Waals surface area contributed by atoms with E-state index in [1.165, 1.54) is 11.1 Å². The van der Waals surface area contributed by atoms with Crippen molar-refractivity contribution in [2.75, 3.05) is 13.2 Å². The first-order chi connectivity index (χ1) is 10.2. The van der Waals surface area contributed by atoms with Crippen LogP contribution in [-0.4, -0.2) is 35.2 Å². The van der Waals surface area contributed by atoms with E-state index in [0.29, 0.717) is 17.8 Å². The minimum Gasteiger partial charge on any atom is -0.492 e. The molecule has 0 aromatic heterocycles. The Morgan fingerprint density at radius 1 is 1.00 bits per heavy atom. The Labute approximate surface area is 124 Å². The van der Waals surface area contributed by atoms with Gasteiger partial charge in [-0.15, -0.1) is 0 Å². The molecule has 0 fully saturated rings. The molecule has 1 heterocycles. The normalized spacial score (nSPS) is 14.0. The van der Waals surface area contributed by atoms with Gasteiger partial charge in [-0.05, 0) is 28.7 Å². The van der Waals surface area contributed by atoms with Crippen LogP contribution in [0.15, 0.2) is 48.5 Å². The minimum absolute atomic E-state index is 0.445. The van der Waals surface area contributed by atoms with Gasteiger partial charge in [0, 0.05) is 19.6 Å². The van der Waals surface area contributed by atoms with Crippen LogP contribution in [0.4, 0.5) is 0 Å². The van der Waals surface area contributed by atoms with Gasteiger partial charge in [0.2, 0.25) is 0 Å². The second-order valence-corrected chi connectivity index (χ2v) is 5.27. The Kier molecular flexibility index (Phi) is 4.24. The van der Waals surface area contributed by atoms with Crippen LogP contribution in [0, 0.1) is 0 Å². The lowest BCUT2D eigenvalue weighted by Crippen LogP contribution is -2.29. The second kappa shape index (κ2) is 6.31. The maximum atomic E-state index is 9.14. The summed E-state index contributed by atoms with van der Waals surface area (Å²) in [7, 11) is -1.46. The monoisotopic (exact) mass is 283 g/mol. The van der Waals surface area contributed by atoms with Crippen molar-refractivity contribution >= 4 is 12.6 Å². The molecule has 108 valence electrons. The zero-order valence-corrected chi connectivity index (χ0v) is 11.8. The number of hydrogen-bond donors (Lipinski definition) is 2. The van der Waals surface area contributed by atoms with Crippen LogP contribution in [0.5, 0.6) is 5.75 Å². The second-order valence-electron chi connectivity index (χ2n) is 5.27. The lowest BCUT2D eigenvalue weighted by molar-refractivity contribution is 0.211. The largest absolute Gasteiger partial charge is 0.492 e. The number of nitrogens with zero attached hydrogens (tertiary/aromatic N) is 1. The maximum Gasteiger partial charge on any atom is 0.488 e. The van der Waals surface area contributed by atoms with E-state index in [1.54, 1.807) is 18.2 Å². The van der Waals surface area contributed by atoms with Gasteiger partial charge in [-0.1, -0.05) is 36.4 Å². The van der Waals surface area contributed by atoms with Gasteiger partial charge in [0.15, 0.2) is 0 Å². The molecule has 2 aromatic carbocycles. The van der Waals surface area contributed by atoms with Crippen molar-refractivity contribution in [2.24, 2.45) is 0 Å². The van der Waals surface area contributed by atoms with Crippen molar-refractivity contribution in [3.05, 3.63) is 59.7 Å². The molecule has 2 N–H and O–H groups in total. The summed E-state index contributed by atoms with van der Waals surface area (Å²) in [6.45, 7) is 3.36. The molecule has 0 bridgehead atoms. The van der Waals surface area contributed by atoms with E-state index in [4.69, 9.17) is 14.8 Å².